The van der Waals surface area contributed by atoms with E-state index >= 15 is 0 Å². The van der Waals surface area contributed by atoms with Crippen LogP contribution in [-0.2, 0) is 4.79 Å². The predicted octanol–water partition coefficient (Wildman–Crippen LogP) is 3.01. The number of nitrogens with zero attached hydrogens (tertiary/aromatic N) is 1. The quantitative estimate of drug-likeness (QED) is 0.914. The fraction of sp³-hybridized carbons (Fsp3) is 0.0909. The third-order valence-electron chi connectivity index (χ3n) is 2.01. The third-order valence-corrected chi connectivity index (χ3v) is 2.83. The number of anilines is 1. The molecule has 0 radical (unpaired) electrons. The van der Waals surface area contributed by atoms with Crippen molar-refractivity contribution in [2.75, 3.05) is 5.32 Å². The van der Waals surface area contributed by atoms with E-state index in [2.05, 4.69) is 10.3 Å². The van der Waals surface area contributed by atoms with Gasteiger partial charge in [0.15, 0.2) is 0 Å². The normalized spacial score (nSPS) is 10.5. The Balaban J connectivity index is 2.20. The van der Waals surface area contributed by atoms with Gasteiger partial charge in [0.25, 0.3) is 5.91 Å². The Bertz CT molecular complexity index is 514. The van der Waals surface area contributed by atoms with Gasteiger partial charge in [-0.2, -0.15) is 8.78 Å². The molecule has 2 rings (SSSR count). The van der Waals surface area contributed by atoms with Gasteiger partial charge in [0.1, 0.15) is 5.01 Å². The molecule has 0 fully saturated rings. The molecule has 88 valence electrons. The lowest BCUT2D eigenvalue weighted by Crippen LogP contribution is -2.19. The summed E-state index contributed by atoms with van der Waals surface area (Å²) in [6.07, 6.45) is -1.36. The second-order valence-corrected chi connectivity index (χ2v) is 4.10. The molecule has 1 N–H and O–H groups in total. The summed E-state index contributed by atoms with van der Waals surface area (Å²) in [6, 6.07) is 6.64. The Morgan fingerprint density at radius 2 is 2.24 bits per heavy atom. The number of halogens is 2. The van der Waals surface area contributed by atoms with Crippen LogP contribution in [0.4, 0.5) is 14.5 Å². The summed E-state index contributed by atoms with van der Waals surface area (Å²) < 4.78 is 24.1. The van der Waals surface area contributed by atoms with Gasteiger partial charge in [0.2, 0.25) is 0 Å². The van der Waals surface area contributed by atoms with Crippen molar-refractivity contribution in [1.82, 2.24) is 4.98 Å². The van der Waals surface area contributed by atoms with Crippen LogP contribution in [0.2, 0.25) is 0 Å². The summed E-state index contributed by atoms with van der Waals surface area (Å²) in [5.41, 5.74) is 1.12. The Hall–Kier alpha value is -1.82. The molecule has 0 aliphatic carbocycles. The van der Waals surface area contributed by atoms with Gasteiger partial charge in [-0.1, -0.05) is 12.1 Å². The van der Waals surface area contributed by atoms with Crippen molar-refractivity contribution in [1.29, 1.82) is 0 Å². The zero-order chi connectivity index (χ0) is 12.3. The van der Waals surface area contributed by atoms with Crippen molar-refractivity contribution in [3.8, 4) is 10.6 Å². The van der Waals surface area contributed by atoms with Crippen molar-refractivity contribution in [3.63, 3.8) is 0 Å². The molecule has 0 aliphatic heterocycles. The van der Waals surface area contributed by atoms with Gasteiger partial charge in [-0.3, -0.25) is 4.79 Å². The standard InChI is InChI=1S/C11H8F2N2OS/c12-9(13)10(16)15-8-3-1-2-7(6-8)11-14-4-5-17-11/h1-6,9H,(H,15,16). The van der Waals surface area contributed by atoms with E-state index in [0.717, 1.165) is 10.6 Å². The number of rotatable bonds is 3. The molecule has 1 heterocycles. The number of carbonyl (C=O) groups is 1. The van der Waals surface area contributed by atoms with Crippen LogP contribution in [0.25, 0.3) is 10.6 Å². The first-order valence-electron chi connectivity index (χ1n) is 4.76. The van der Waals surface area contributed by atoms with E-state index in [1.165, 1.54) is 11.3 Å². The number of hydrogen-bond acceptors (Lipinski definition) is 3. The summed E-state index contributed by atoms with van der Waals surface area (Å²) in [6.45, 7) is 0. The van der Waals surface area contributed by atoms with Gasteiger partial charge in [0.05, 0.1) is 0 Å². The van der Waals surface area contributed by atoms with E-state index in [0.29, 0.717) is 5.69 Å². The summed E-state index contributed by atoms with van der Waals surface area (Å²) in [4.78, 5) is 14.9. The number of benzene rings is 1. The first-order chi connectivity index (χ1) is 8.16. The second-order valence-electron chi connectivity index (χ2n) is 3.21. The molecule has 1 aromatic heterocycles. The fourth-order valence-corrected chi connectivity index (χ4v) is 1.93. The highest BCUT2D eigenvalue weighted by atomic mass is 32.1. The molecule has 3 nitrogen and oxygen atoms in total. The Labute approximate surface area is 100 Å². The molecule has 0 saturated carbocycles. The number of nitrogens with one attached hydrogen (secondary N) is 1. The summed E-state index contributed by atoms with van der Waals surface area (Å²) >= 11 is 1.44. The smallest absolute Gasteiger partial charge is 0.315 e. The van der Waals surface area contributed by atoms with Crippen molar-refractivity contribution in [2.45, 2.75) is 6.43 Å². The average molecular weight is 254 g/mol. The molecule has 0 saturated heterocycles. The zero-order valence-electron chi connectivity index (χ0n) is 8.56. The maximum absolute atomic E-state index is 12.1. The van der Waals surface area contributed by atoms with E-state index in [-0.39, 0.29) is 0 Å². The molecule has 1 aromatic carbocycles. The number of thiazole rings is 1. The van der Waals surface area contributed by atoms with Gasteiger partial charge in [-0.15, -0.1) is 11.3 Å². The van der Waals surface area contributed by atoms with E-state index in [1.807, 2.05) is 5.38 Å². The van der Waals surface area contributed by atoms with Crippen LogP contribution < -0.4 is 5.32 Å². The minimum atomic E-state index is -3.02. The van der Waals surface area contributed by atoms with Crippen LogP contribution in [0, 0.1) is 0 Å². The topological polar surface area (TPSA) is 42.0 Å². The number of hydrogen-bond donors (Lipinski definition) is 1. The number of carbonyl (C=O) groups excluding carboxylic acids is 1. The maximum atomic E-state index is 12.1. The van der Waals surface area contributed by atoms with Crippen LogP contribution >= 0.6 is 11.3 Å². The minimum absolute atomic E-state index is 0.336. The van der Waals surface area contributed by atoms with Gasteiger partial charge in [-0.25, -0.2) is 4.98 Å². The number of aromatic nitrogens is 1. The summed E-state index contributed by atoms with van der Waals surface area (Å²) in [5, 5.41) is 4.73. The van der Waals surface area contributed by atoms with Gasteiger partial charge >= 0.3 is 6.43 Å². The van der Waals surface area contributed by atoms with Crippen molar-refractivity contribution in [2.24, 2.45) is 0 Å². The van der Waals surface area contributed by atoms with E-state index in [1.54, 1.807) is 30.5 Å². The van der Waals surface area contributed by atoms with Crippen molar-refractivity contribution >= 4 is 22.9 Å². The monoisotopic (exact) mass is 254 g/mol. The lowest BCUT2D eigenvalue weighted by atomic mass is 10.2. The molecule has 1 amide bonds. The highest BCUT2D eigenvalue weighted by Crippen LogP contribution is 2.24. The first-order valence-corrected chi connectivity index (χ1v) is 5.64. The first kappa shape index (κ1) is 11.7. The SMILES string of the molecule is O=C(Nc1cccc(-c2nccs2)c1)C(F)F. The number of alkyl halides is 2. The molecule has 0 spiro atoms. The van der Waals surface area contributed by atoms with Gasteiger partial charge in [0, 0.05) is 22.8 Å². The minimum Gasteiger partial charge on any atom is -0.321 e. The van der Waals surface area contributed by atoms with Crippen molar-refractivity contribution < 1.29 is 13.6 Å². The largest absolute Gasteiger partial charge is 0.321 e. The second kappa shape index (κ2) is 5.01. The molecule has 2 aromatic rings. The Kier molecular flexibility index (Phi) is 3.43. The van der Waals surface area contributed by atoms with Crippen molar-refractivity contribution in [3.05, 3.63) is 35.8 Å². The molecule has 0 bridgehead atoms. The van der Waals surface area contributed by atoms with E-state index in [4.69, 9.17) is 0 Å². The Morgan fingerprint density at radius 1 is 1.41 bits per heavy atom. The third kappa shape index (κ3) is 2.85. The fourth-order valence-electron chi connectivity index (χ4n) is 1.29. The predicted molar refractivity (Wildman–Crippen MR) is 62.2 cm³/mol. The van der Waals surface area contributed by atoms with Crippen LogP contribution in [0.1, 0.15) is 0 Å². The molecule has 0 atom stereocenters. The van der Waals surface area contributed by atoms with Gasteiger partial charge < -0.3 is 5.32 Å². The van der Waals surface area contributed by atoms with E-state index in [9.17, 15) is 13.6 Å². The zero-order valence-corrected chi connectivity index (χ0v) is 9.38. The lowest BCUT2D eigenvalue weighted by Gasteiger charge is -2.05. The molecular formula is C11H8F2N2OS. The molecular weight excluding hydrogens is 246 g/mol. The van der Waals surface area contributed by atoms with Crippen LogP contribution in [0.5, 0.6) is 0 Å². The van der Waals surface area contributed by atoms with Gasteiger partial charge in [-0.05, 0) is 12.1 Å². The highest BCUT2D eigenvalue weighted by molar-refractivity contribution is 7.13. The summed E-state index contributed by atoms with van der Waals surface area (Å²) in [5.74, 6) is -1.30. The average Bonchev–Trinajstić information content (AvgIpc) is 2.82. The van der Waals surface area contributed by atoms with Crippen LogP contribution in [0.15, 0.2) is 35.8 Å². The molecule has 17 heavy (non-hydrogen) atoms. The molecule has 6 heteroatoms. The van der Waals surface area contributed by atoms with Crippen LogP contribution in [0.3, 0.4) is 0 Å². The lowest BCUT2D eigenvalue weighted by molar-refractivity contribution is -0.126. The number of amides is 1. The molecule has 0 unspecified atom stereocenters. The van der Waals surface area contributed by atoms with Crippen LogP contribution in [-0.4, -0.2) is 17.3 Å². The maximum Gasteiger partial charge on any atom is 0.315 e. The molecule has 0 aliphatic rings. The highest BCUT2D eigenvalue weighted by Gasteiger charge is 2.15. The summed E-state index contributed by atoms with van der Waals surface area (Å²) in [7, 11) is 0. The Morgan fingerprint density at radius 3 is 2.88 bits per heavy atom. The van der Waals surface area contributed by atoms with E-state index < -0.39 is 12.3 Å².